The summed E-state index contributed by atoms with van der Waals surface area (Å²) in [6.45, 7) is -0.615. The van der Waals surface area contributed by atoms with Gasteiger partial charge in [0.1, 0.15) is 5.69 Å². The molecule has 1 nitrogen and oxygen atoms in total. The van der Waals surface area contributed by atoms with Crippen LogP contribution in [0.4, 0.5) is 4.39 Å². The van der Waals surface area contributed by atoms with Crippen molar-refractivity contribution in [3.05, 3.63) is 30.1 Å². The first-order valence-electron chi connectivity index (χ1n) is 2.89. The highest BCUT2D eigenvalue weighted by atomic mass is 19.1. The predicted molar refractivity (Wildman–Crippen MR) is 37.1 cm³/mol. The maximum absolute atomic E-state index is 11.5. The van der Waals surface area contributed by atoms with Crippen LogP contribution in [0.25, 0.3) is 0 Å². The van der Waals surface area contributed by atoms with E-state index in [1.807, 2.05) is 6.07 Å². The molecule has 0 aromatic carbocycles. The van der Waals surface area contributed by atoms with E-state index in [9.17, 15) is 4.39 Å². The molecule has 0 fully saturated rings. The molecule has 1 heterocycles. The molecule has 0 unspecified atom stereocenters. The minimum atomic E-state index is -0.615. The van der Waals surface area contributed by atoms with E-state index in [1.54, 1.807) is 18.3 Å². The molecule has 0 atom stereocenters. The van der Waals surface area contributed by atoms with E-state index in [-0.39, 0.29) is 0 Å². The van der Waals surface area contributed by atoms with Gasteiger partial charge in [-0.15, -0.1) is 0 Å². The zero-order valence-electron chi connectivity index (χ0n) is 5.34. The van der Waals surface area contributed by atoms with Gasteiger partial charge in [0.25, 0.3) is 0 Å². The smallest absolute Gasteiger partial charge is 0.150 e. The third-order valence-electron chi connectivity index (χ3n) is 0.948. The Bertz CT molecular complexity index is 245. The molecule has 1 rings (SSSR count). The van der Waals surface area contributed by atoms with E-state index >= 15 is 0 Å². The van der Waals surface area contributed by atoms with Crippen molar-refractivity contribution in [3.63, 3.8) is 0 Å². The molecule has 2 heteroatoms. The lowest BCUT2D eigenvalue weighted by molar-refractivity contribution is 0.573. The molecule has 0 N–H and O–H groups in total. The Morgan fingerprint density at radius 2 is 2.40 bits per heavy atom. The SMILES string of the molecule is FCC#Cc1ccccn1. The van der Waals surface area contributed by atoms with Crippen LogP contribution in [0.1, 0.15) is 5.69 Å². The first-order valence-corrected chi connectivity index (χ1v) is 2.89. The fraction of sp³-hybridized carbons (Fsp3) is 0.125. The molecule has 0 amide bonds. The van der Waals surface area contributed by atoms with Crippen molar-refractivity contribution in [2.75, 3.05) is 6.67 Å². The highest BCUT2D eigenvalue weighted by Gasteiger charge is 1.80. The summed E-state index contributed by atoms with van der Waals surface area (Å²) in [4.78, 5) is 3.88. The van der Waals surface area contributed by atoms with E-state index in [2.05, 4.69) is 16.8 Å². The molecular formula is C8H6FN. The van der Waals surface area contributed by atoms with Gasteiger partial charge in [-0.1, -0.05) is 12.0 Å². The molecule has 0 saturated heterocycles. The standard InChI is InChI=1S/C8H6FN/c9-6-3-5-8-4-1-2-7-10-8/h1-2,4,7H,6H2. The Hall–Kier alpha value is -1.36. The lowest BCUT2D eigenvalue weighted by Gasteiger charge is -1.83. The van der Waals surface area contributed by atoms with Crippen LogP contribution in [0.5, 0.6) is 0 Å². The Balaban J connectivity index is 2.76. The molecule has 0 aliphatic heterocycles. The van der Waals surface area contributed by atoms with Crippen molar-refractivity contribution >= 4 is 0 Å². The third kappa shape index (κ3) is 1.87. The number of nitrogens with zero attached hydrogens (tertiary/aromatic N) is 1. The average Bonchev–Trinajstić information content (AvgIpc) is 2.03. The largest absolute Gasteiger partial charge is 0.248 e. The van der Waals surface area contributed by atoms with Crippen molar-refractivity contribution < 1.29 is 4.39 Å². The second kappa shape index (κ2) is 3.62. The van der Waals surface area contributed by atoms with Crippen molar-refractivity contribution in [3.8, 4) is 11.8 Å². The molecule has 1 aromatic heterocycles. The van der Waals surface area contributed by atoms with Crippen LogP contribution >= 0.6 is 0 Å². The van der Waals surface area contributed by atoms with E-state index in [1.165, 1.54) is 0 Å². The Kier molecular flexibility index (Phi) is 2.45. The van der Waals surface area contributed by atoms with Crippen LogP contribution in [0.2, 0.25) is 0 Å². The summed E-state index contributed by atoms with van der Waals surface area (Å²) in [6.07, 6.45) is 1.63. The van der Waals surface area contributed by atoms with Crippen molar-refractivity contribution in [1.29, 1.82) is 0 Å². The van der Waals surface area contributed by atoms with Crippen LogP contribution in [-0.4, -0.2) is 11.7 Å². The number of pyridine rings is 1. The minimum Gasteiger partial charge on any atom is -0.248 e. The van der Waals surface area contributed by atoms with E-state index in [0.29, 0.717) is 5.69 Å². The normalized spacial score (nSPS) is 8.10. The van der Waals surface area contributed by atoms with Gasteiger partial charge in [0, 0.05) is 6.20 Å². The monoisotopic (exact) mass is 135 g/mol. The van der Waals surface area contributed by atoms with Crippen molar-refractivity contribution in [2.45, 2.75) is 0 Å². The summed E-state index contributed by atoms with van der Waals surface area (Å²) in [5.74, 6) is 4.84. The highest BCUT2D eigenvalue weighted by molar-refractivity contribution is 5.26. The number of alkyl halides is 1. The average molecular weight is 135 g/mol. The predicted octanol–water partition coefficient (Wildman–Crippen LogP) is 1.40. The highest BCUT2D eigenvalue weighted by Crippen LogP contribution is 1.88. The topological polar surface area (TPSA) is 12.9 Å². The van der Waals surface area contributed by atoms with Gasteiger partial charge in [-0.05, 0) is 18.1 Å². The first kappa shape index (κ1) is 6.76. The summed E-state index contributed by atoms with van der Waals surface area (Å²) in [5, 5.41) is 0. The molecule has 0 aliphatic carbocycles. The number of aromatic nitrogens is 1. The molecule has 50 valence electrons. The molecule has 1 aromatic rings. The second-order valence-corrected chi connectivity index (χ2v) is 1.65. The lowest BCUT2D eigenvalue weighted by atomic mass is 10.3. The number of hydrogen-bond acceptors (Lipinski definition) is 1. The molecule has 0 saturated carbocycles. The zero-order valence-corrected chi connectivity index (χ0v) is 5.34. The Morgan fingerprint density at radius 3 is 3.00 bits per heavy atom. The van der Waals surface area contributed by atoms with Crippen LogP contribution in [0.15, 0.2) is 24.4 Å². The van der Waals surface area contributed by atoms with Gasteiger partial charge in [-0.25, -0.2) is 9.37 Å². The first-order chi connectivity index (χ1) is 4.93. The molecule has 0 spiro atoms. The summed E-state index contributed by atoms with van der Waals surface area (Å²) in [5.41, 5.74) is 0.611. The maximum atomic E-state index is 11.5. The molecule has 0 radical (unpaired) electrons. The molecule has 10 heavy (non-hydrogen) atoms. The van der Waals surface area contributed by atoms with Gasteiger partial charge < -0.3 is 0 Å². The van der Waals surface area contributed by atoms with E-state index in [4.69, 9.17) is 0 Å². The van der Waals surface area contributed by atoms with Gasteiger partial charge in [0.2, 0.25) is 0 Å². The number of halogens is 1. The van der Waals surface area contributed by atoms with Crippen LogP contribution < -0.4 is 0 Å². The summed E-state index contributed by atoms with van der Waals surface area (Å²) >= 11 is 0. The zero-order chi connectivity index (χ0) is 7.23. The fourth-order valence-corrected chi connectivity index (χ4v) is 0.561. The summed E-state index contributed by atoms with van der Waals surface area (Å²) < 4.78 is 11.5. The summed E-state index contributed by atoms with van der Waals surface area (Å²) in [6, 6.07) is 5.35. The third-order valence-corrected chi connectivity index (χ3v) is 0.948. The number of hydrogen-bond donors (Lipinski definition) is 0. The van der Waals surface area contributed by atoms with Crippen LogP contribution in [0.3, 0.4) is 0 Å². The molecular weight excluding hydrogens is 129 g/mol. The molecule has 0 aliphatic rings. The van der Waals surface area contributed by atoms with Gasteiger partial charge >= 0.3 is 0 Å². The Labute approximate surface area is 58.9 Å². The number of rotatable bonds is 0. The molecule has 0 bridgehead atoms. The van der Waals surface area contributed by atoms with Gasteiger partial charge in [0.15, 0.2) is 6.67 Å². The van der Waals surface area contributed by atoms with Crippen molar-refractivity contribution in [2.24, 2.45) is 0 Å². The quantitative estimate of drug-likeness (QED) is 0.490. The second-order valence-electron chi connectivity index (χ2n) is 1.65. The van der Waals surface area contributed by atoms with Gasteiger partial charge in [0.05, 0.1) is 0 Å². The van der Waals surface area contributed by atoms with Crippen LogP contribution in [-0.2, 0) is 0 Å². The van der Waals surface area contributed by atoms with Crippen molar-refractivity contribution in [1.82, 2.24) is 4.98 Å². The Morgan fingerprint density at radius 1 is 1.50 bits per heavy atom. The van der Waals surface area contributed by atoms with Gasteiger partial charge in [-0.3, -0.25) is 0 Å². The minimum absolute atomic E-state index is 0.611. The summed E-state index contributed by atoms with van der Waals surface area (Å²) in [7, 11) is 0. The fourth-order valence-electron chi connectivity index (χ4n) is 0.561. The van der Waals surface area contributed by atoms with E-state index < -0.39 is 6.67 Å². The lowest BCUT2D eigenvalue weighted by Crippen LogP contribution is -1.77. The van der Waals surface area contributed by atoms with Gasteiger partial charge in [-0.2, -0.15) is 0 Å². The maximum Gasteiger partial charge on any atom is 0.150 e. The van der Waals surface area contributed by atoms with Crippen LogP contribution in [0, 0.1) is 11.8 Å². The van der Waals surface area contributed by atoms with E-state index in [0.717, 1.165) is 0 Å².